The lowest BCUT2D eigenvalue weighted by Gasteiger charge is -2.23. The molecule has 2 unspecified atom stereocenters. The molecule has 0 rings (SSSR count). The highest BCUT2D eigenvalue weighted by Crippen LogP contribution is 2.23. The second-order valence-corrected chi connectivity index (χ2v) is 13.3. The van der Waals surface area contributed by atoms with Gasteiger partial charge in [0, 0.05) is 0 Å². The zero-order valence-electron chi connectivity index (χ0n) is 30.0. The van der Waals surface area contributed by atoms with Crippen LogP contribution in [0.5, 0.6) is 0 Å². The minimum Gasteiger partial charge on any atom is -0.462 e. The molecule has 0 aliphatic heterocycles. The van der Waals surface area contributed by atoms with Gasteiger partial charge in [-0.1, -0.05) is 169 Å². The highest BCUT2D eigenvalue weighted by molar-refractivity contribution is 4.82. The Morgan fingerprint density at radius 1 is 0.349 bits per heavy atom. The van der Waals surface area contributed by atoms with Gasteiger partial charge in [-0.25, -0.2) is 0 Å². The van der Waals surface area contributed by atoms with E-state index >= 15 is 0 Å². The van der Waals surface area contributed by atoms with Gasteiger partial charge in [0.15, 0.2) is 0 Å². The fourth-order valence-corrected chi connectivity index (χ4v) is 6.03. The summed E-state index contributed by atoms with van der Waals surface area (Å²) in [6.45, 7) is 17.3. The van der Waals surface area contributed by atoms with Crippen molar-refractivity contribution in [1.82, 2.24) is 0 Å². The molecule has 0 aromatic heterocycles. The molecule has 3 nitrogen and oxygen atoms in total. The van der Waals surface area contributed by atoms with Crippen molar-refractivity contribution in [3.8, 4) is 0 Å². The highest BCUT2D eigenvalue weighted by atomic mass is 16.7. The van der Waals surface area contributed by atoms with Crippen molar-refractivity contribution in [3.63, 3.8) is 0 Å². The average molecular weight is 607 g/mol. The Kier molecular flexibility index (Phi) is 32.9. The third-order valence-corrected chi connectivity index (χ3v) is 8.84. The Hall–Kier alpha value is -1.12. The first-order valence-corrected chi connectivity index (χ1v) is 19.5. The van der Waals surface area contributed by atoms with Crippen LogP contribution in [0.1, 0.15) is 220 Å². The molecule has 0 N–H and O–H groups in total. The first kappa shape index (κ1) is 41.9. The summed E-state index contributed by atoms with van der Waals surface area (Å²) in [4.78, 5) is 0. The van der Waals surface area contributed by atoms with Gasteiger partial charge in [0.25, 0.3) is 11.9 Å². The van der Waals surface area contributed by atoms with Crippen molar-refractivity contribution in [2.45, 2.75) is 233 Å². The van der Waals surface area contributed by atoms with E-state index in [0.717, 1.165) is 25.7 Å². The summed E-state index contributed by atoms with van der Waals surface area (Å²) in [5.74, 6) is 0.703. The average Bonchev–Trinajstić information content (AvgIpc) is 2.98. The van der Waals surface area contributed by atoms with Crippen molar-refractivity contribution in [1.29, 1.82) is 0 Å². The summed E-state index contributed by atoms with van der Waals surface area (Å²) in [5.41, 5.74) is 0. The van der Waals surface area contributed by atoms with Crippen LogP contribution in [0.2, 0.25) is 0 Å². The molecule has 0 amide bonds. The van der Waals surface area contributed by atoms with Crippen molar-refractivity contribution in [2.75, 3.05) is 0 Å². The Labute approximate surface area is 271 Å². The first-order chi connectivity index (χ1) is 21.1. The van der Waals surface area contributed by atoms with Gasteiger partial charge < -0.3 is 14.2 Å². The van der Waals surface area contributed by atoms with Gasteiger partial charge in [-0.3, -0.25) is 0 Å². The summed E-state index contributed by atoms with van der Waals surface area (Å²) >= 11 is 0. The smallest absolute Gasteiger partial charge is 0.279 e. The van der Waals surface area contributed by atoms with Crippen LogP contribution in [0.15, 0.2) is 25.0 Å². The molecule has 0 saturated heterocycles. The maximum Gasteiger partial charge on any atom is 0.279 e. The lowest BCUT2D eigenvalue weighted by atomic mass is 10.0. The van der Waals surface area contributed by atoms with Gasteiger partial charge >= 0.3 is 0 Å². The topological polar surface area (TPSA) is 27.7 Å². The third kappa shape index (κ3) is 30.7. The van der Waals surface area contributed by atoms with Crippen LogP contribution in [0.25, 0.3) is 0 Å². The van der Waals surface area contributed by atoms with E-state index in [1.54, 1.807) is 0 Å². The second kappa shape index (κ2) is 33.8. The zero-order valence-corrected chi connectivity index (χ0v) is 30.0. The first-order valence-electron chi connectivity index (χ1n) is 19.5. The molecule has 0 radical (unpaired) electrons. The highest BCUT2D eigenvalue weighted by Gasteiger charge is 2.16. The van der Waals surface area contributed by atoms with Crippen LogP contribution < -0.4 is 0 Å². The standard InChI is InChI=1S/C40H78O3/c1-7-11-15-17-19-21-23-25-27-31-35-39(33-29-13-9-3)42-37(5)41-38(6)43-40(34-30-14-10-4)36-32-28-26-24-22-20-18-16-12-8-2/h39-40H,5-36H2,1-4H3. The quantitative estimate of drug-likeness (QED) is 0.0524. The third-order valence-electron chi connectivity index (χ3n) is 8.84. The van der Waals surface area contributed by atoms with Crippen molar-refractivity contribution in [2.24, 2.45) is 0 Å². The molecule has 0 aliphatic rings. The summed E-state index contributed by atoms with van der Waals surface area (Å²) < 4.78 is 18.4. The van der Waals surface area contributed by atoms with E-state index in [9.17, 15) is 0 Å². The molecule has 0 aromatic carbocycles. The van der Waals surface area contributed by atoms with Gasteiger partial charge in [-0.2, -0.15) is 0 Å². The molecule has 0 heterocycles. The summed E-state index contributed by atoms with van der Waals surface area (Å²) in [6.07, 6.45) is 39.2. The Morgan fingerprint density at radius 2 is 0.558 bits per heavy atom. The normalized spacial score (nSPS) is 12.7. The minimum atomic E-state index is 0.174. The van der Waals surface area contributed by atoms with E-state index in [1.807, 2.05) is 0 Å². The molecule has 43 heavy (non-hydrogen) atoms. The molecular formula is C40H78O3. The van der Waals surface area contributed by atoms with Crippen LogP contribution in [0, 0.1) is 0 Å². The number of unbranched alkanes of at least 4 members (excludes halogenated alkanes) is 22. The van der Waals surface area contributed by atoms with Crippen LogP contribution in [-0.4, -0.2) is 12.2 Å². The Morgan fingerprint density at radius 3 is 0.837 bits per heavy atom. The molecule has 0 bridgehead atoms. The Bertz CT molecular complexity index is 536. The number of ether oxygens (including phenoxy) is 3. The van der Waals surface area contributed by atoms with Crippen LogP contribution >= 0.6 is 0 Å². The van der Waals surface area contributed by atoms with Crippen molar-refractivity contribution < 1.29 is 14.2 Å². The van der Waals surface area contributed by atoms with E-state index in [2.05, 4.69) is 40.9 Å². The van der Waals surface area contributed by atoms with Gasteiger partial charge in [0.1, 0.15) is 12.2 Å². The number of rotatable bonds is 36. The van der Waals surface area contributed by atoms with Crippen LogP contribution in [-0.2, 0) is 14.2 Å². The lowest BCUT2D eigenvalue weighted by Crippen LogP contribution is -2.17. The maximum atomic E-state index is 6.24. The summed E-state index contributed by atoms with van der Waals surface area (Å²) in [5, 5.41) is 0. The van der Waals surface area contributed by atoms with E-state index in [-0.39, 0.29) is 12.2 Å². The fourth-order valence-electron chi connectivity index (χ4n) is 6.03. The predicted molar refractivity (Wildman–Crippen MR) is 190 cm³/mol. The summed E-state index contributed by atoms with van der Waals surface area (Å²) in [6, 6.07) is 0. The molecule has 0 spiro atoms. The molecule has 256 valence electrons. The lowest BCUT2D eigenvalue weighted by molar-refractivity contribution is -0.0561. The molecule has 2 atom stereocenters. The fraction of sp³-hybridized carbons (Fsp3) is 0.900. The molecule has 3 heteroatoms. The second-order valence-electron chi connectivity index (χ2n) is 13.3. The molecular weight excluding hydrogens is 528 g/mol. The number of hydrogen-bond donors (Lipinski definition) is 0. The van der Waals surface area contributed by atoms with Crippen molar-refractivity contribution >= 4 is 0 Å². The largest absolute Gasteiger partial charge is 0.462 e. The van der Waals surface area contributed by atoms with E-state index < -0.39 is 0 Å². The maximum absolute atomic E-state index is 6.24. The Balaban J connectivity index is 4.39. The van der Waals surface area contributed by atoms with Crippen LogP contribution in [0.4, 0.5) is 0 Å². The SMILES string of the molecule is C=C(OC(=C)OC(CCCCC)CCCCCCCCCCCC)OC(CCCCC)CCCCCCCCCCCC. The summed E-state index contributed by atoms with van der Waals surface area (Å²) in [7, 11) is 0. The zero-order chi connectivity index (χ0) is 31.6. The monoisotopic (exact) mass is 607 g/mol. The van der Waals surface area contributed by atoms with E-state index in [0.29, 0.717) is 11.9 Å². The van der Waals surface area contributed by atoms with E-state index in [4.69, 9.17) is 14.2 Å². The van der Waals surface area contributed by atoms with Crippen molar-refractivity contribution in [3.05, 3.63) is 25.0 Å². The van der Waals surface area contributed by atoms with Gasteiger partial charge in [0.2, 0.25) is 0 Å². The van der Waals surface area contributed by atoms with Crippen LogP contribution in [0.3, 0.4) is 0 Å². The predicted octanol–water partition coefficient (Wildman–Crippen LogP) is 14.5. The minimum absolute atomic E-state index is 0.174. The molecule has 0 aliphatic carbocycles. The van der Waals surface area contributed by atoms with Gasteiger partial charge in [-0.15, -0.1) is 0 Å². The molecule has 0 saturated carbocycles. The van der Waals surface area contributed by atoms with Gasteiger partial charge in [0.05, 0.1) is 0 Å². The van der Waals surface area contributed by atoms with E-state index in [1.165, 1.54) is 167 Å². The van der Waals surface area contributed by atoms with Gasteiger partial charge in [-0.05, 0) is 64.5 Å². The number of hydrogen-bond acceptors (Lipinski definition) is 3. The molecule has 0 fully saturated rings. The molecule has 0 aromatic rings.